The summed E-state index contributed by atoms with van der Waals surface area (Å²) in [5, 5.41) is 6.09. The van der Waals surface area contributed by atoms with Crippen molar-refractivity contribution in [2.45, 2.75) is 33.7 Å². The van der Waals surface area contributed by atoms with Crippen molar-refractivity contribution in [1.29, 1.82) is 0 Å². The molecule has 0 atom stereocenters. The predicted octanol–water partition coefficient (Wildman–Crippen LogP) is 2.77. The van der Waals surface area contributed by atoms with E-state index in [0.717, 1.165) is 40.9 Å². The molecular weight excluding hydrogens is 320 g/mol. The minimum atomic E-state index is -0.0800. The minimum absolute atomic E-state index is 0.0571. The normalized spacial score (nSPS) is 10.4. The number of benzene rings is 1. The van der Waals surface area contributed by atoms with Crippen molar-refractivity contribution < 1.29 is 9.53 Å². The Morgan fingerprint density at radius 3 is 2.75 bits per heavy atom. The molecule has 0 aliphatic carbocycles. The van der Waals surface area contributed by atoms with Gasteiger partial charge in [0.2, 0.25) is 0 Å². The quantitative estimate of drug-likeness (QED) is 0.763. The van der Waals surface area contributed by atoms with Crippen LogP contribution in [0, 0.1) is 6.92 Å². The zero-order valence-corrected chi connectivity index (χ0v) is 14.0. The highest BCUT2D eigenvalue weighted by atomic mass is 79.9. The van der Waals surface area contributed by atoms with E-state index in [2.05, 4.69) is 33.5 Å². The third-order valence-electron chi connectivity index (χ3n) is 2.80. The monoisotopic (exact) mass is 342 g/mol. The van der Waals surface area contributed by atoms with E-state index >= 15 is 0 Å². The number of carbonyl (C=O) groups is 1. The van der Waals surface area contributed by atoms with E-state index in [4.69, 9.17) is 4.74 Å². The van der Waals surface area contributed by atoms with Gasteiger partial charge in [0.1, 0.15) is 5.75 Å². The molecule has 4 nitrogen and oxygen atoms in total. The number of hydrogen-bond donors (Lipinski definition) is 2. The number of amides is 1. The fourth-order valence-electron chi connectivity index (χ4n) is 1.85. The molecule has 0 aromatic heterocycles. The van der Waals surface area contributed by atoms with Crippen LogP contribution in [0.2, 0.25) is 0 Å². The highest BCUT2D eigenvalue weighted by Crippen LogP contribution is 2.28. The maximum absolute atomic E-state index is 11.6. The number of nitrogens with one attached hydrogen (secondary N) is 2. The van der Waals surface area contributed by atoms with E-state index < -0.39 is 0 Å². The van der Waals surface area contributed by atoms with E-state index in [1.807, 2.05) is 26.0 Å². The first kappa shape index (κ1) is 17.0. The van der Waals surface area contributed by atoms with Gasteiger partial charge in [-0.3, -0.25) is 4.79 Å². The summed E-state index contributed by atoms with van der Waals surface area (Å²) in [4.78, 5) is 11.6. The average Bonchev–Trinajstić information content (AvgIpc) is 2.41. The van der Waals surface area contributed by atoms with Crippen molar-refractivity contribution in [2.24, 2.45) is 0 Å². The van der Waals surface area contributed by atoms with Crippen molar-refractivity contribution >= 4 is 21.8 Å². The number of ether oxygens (including phenoxy) is 1. The molecule has 0 radical (unpaired) electrons. The molecule has 0 aliphatic rings. The van der Waals surface area contributed by atoms with Gasteiger partial charge in [-0.25, -0.2) is 0 Å². The van der Waals surface area contributed by atoms with Crippen LogP contribution in [0.3, 0.4) is 0 Å². The van der Waals surface area contributed by atoms with E-state index in [0.29, 0.717) is 6.54 Å². The van der Waals surface area contributed by atoms with Gasteiger partial charge in [0.05, 0.1) is 0 Å². The second-order valence-electron chi connectivity index (χ2n) is 4.63. The minimum Gasteiger partial charge on any atom is -0.483 e. The summed E-state index contributed by atoms with van der Waals surface area (Å²) in [5.74, 6) is 0.712. The van der Waals surface area contributed by atoms with Gasteiger partial charge >= 0.3 is 0 Å². The molecule has 0 saturated carbocycles. The highest BCUT2D eigenvalue weighted by molar-refractivity contribution is 9.10. The second kappa shape index (κ2) is 8.97. The molecule has 2 N–H and O–H groups in total. The Bertz CT molecular complexity index is 450. The topological polar surface area (TPSA) is 50.4 Å². The second-order valence-corrected chi connectivity index (χ2v) is 5.55. The molecule has 5 heteroatoms. The van der Waals surface area contributed by atoms with E-state index in [-0.39, 0.29) is 12.5 Å². The van der Waals surface area contributed by atoms with E-state index in [1.165, 1.54) is 0 Å². The molecular formula is C15H23BrN2O2. The smallest absolute Gasteiger partial charge is 0.257 e. The van der Waals surface area contributed by atoms with Gasteiger partial charge in [0.15, 0.2) is 6.61 Å². The van der Waals surface area contributed by atoms with Crippen molar-refractivity contribution in [3.63, 3.8) is 0 Å². The Hall–Kier alpha value is -1.07. The third-order valence-corrected chi connectivity index (χ3v) is 3.26. The van der Waals surface area contributed by atoms with Gasteiger partial charge in [-0.1, -0.05) is 29.8 Å². The largest absolute Gasteiger partial charge is 0.483 e. The first-order valence-corrected chi connectivity index (χ1v) is 7.77. The van der Waals surface area contributed by atoms with Crippen LogP contribution in [0.15, 0.2) is 16.6 Å². The maximum atomic E-state index is 11.6. The van der Waals surface area contributed by atoms with Crippen molar-refractivity contribution in [2.75, 3.05) is 19.7 Å². The average molecular weight is 343 g/mol. The van der Waals surface area contributed by atoms with Crippen molar-refractivity contribution in [1.82, 2.24) is 10.6 Å². The Labute approximate surface area is 129 Å². The van der Waals surface area contributed by atoms with Crippen LogP contribution in [-0.2, 0) is 11.3 Å². The molecule has 1 aromatic rings. The molecule has 0 unspecified atom stereocenters. The fraction of sp³-hybridized carbons (Fsp3) is 0.533. The lowest BCUT2D eigenvalue weighted by molar-refractivity contribution is -0.123. The molecule has 1 aromatic carbocycles. The highest BCUT2D eigenvalue weighted by Gasteiger charge is 2.10. The predicted molar refractivity (Wildman–Crippen MR) is 85.1 cm³/mol. The third kappa shape index (κ3) is 5.51. The summed E-state index contributed by atoms with van der Waals surface area (Å²) in [6.45, 7) is 8.43. The Kier molecular flexibility index (Phi) is 7.62. The summed E-state index contributed by atoms with van der Waals surface area (Å²) in [6, 6.07) is 4.02. The maximum Gasteiger partial charge on any atom is 0.257 e. The molecule has 0 aliphatic heterocycles. The van der Waals surface area contributed by atoms with Crippen LogP contribution in [0.25, 0.3) is 0 Å². The van der Waals surface area contributed by atoms with Crippen LogP contribution in [-0.4, -0.2) is 25.6 Å². The van der Waals surface area contributed by atoms with Gasteiger partial charge in [-0.2, -0.15) is 0 Å². The van der Waals surface area contributed by atoms with E-state index in [9.17, 15) is 4.79 Å². The van der Waals surface area contributed by atoms with Gasteiger partial charge in [0.25, 0.3) is 5.91 Å². The van der Waals surface area contributed by atoms with Crippen LogP contribution in [0.4, 0.5) is 0 Å². The Morgan fingerprint density at radius 2 is 2.10 bits per heavy atom. The molecule has 0 bridgehead atoms. The number of hydrogen-bond acceptors (Lipinski definition) is 3. The number of aryl methyl sites for hydroxylation is 1. The van der Waals surface area contributed by atoms with Crippen molar-refractivity contribution in [3.05, 3.63) is 27.7 Å². The van der Waals surface area contributed by atoms with Crippen LogP contribution in [0.5, 0.6) is 5.75 Å². The summed E-state index contributed by atoms with van der Waals surface area (Å²) < 4.78 is 6.73. The van der Waals surface area contributed by atoms with Crippen LogP contribution >= 0.6 is 15.9 Å². The molecule has 0 saturated heterocycles. The number of halogens is 1. The van der Waals surface area contributed by atoms with Crippen molar-refractivity contribution in [3.8, 4) is 5.75 Å². The van der Waals surface area contributed by atoms with Gasteiger partial charge in [-0.15, -0.1) is 0 Å². The lowest BCUT2D eigenvalue weighted by atomic mass is 10.1. The Balaban J connectivity index is 2.74. The number of rotatable bonds is 8. The SMILES string of the molecule is CCCNC(=O)COc1c(C)cc(Br)cc1CNCC. The van der Waals surface area contributed by atoms with Gasteiger partial charge in [-0.05, 0) is 37.6 Å². The molecule has 20 heavy (non-hydrogen) atoms. The lowest BCUT2D eigenvalue weighted by Gasteiger charge is -2.15. The van der Waals surface area contributed by atoms with Crippen LogP contribution < -0.4 is 15.4 Å². The lowest BCUT2D eigenvalue weighted by Crippen LogP contribution is -2.29. The molecule has 0 heterocycles. The molecule has 1 rings (SSSR count). The summed E-state index contributed by atoms with van der Waals surface area (Å²) in [7, 11) is 0. The molecule has 1 amide bonds. The Morgan fingerprint density at radius 1 is 1.35 bits per heavy atom. The summed E-state index contributed by atoms with van der Waals surface area (Å²) in [5.41, 5.74) is 2.08. The first-order valence-electron chi connectivity index (χ1n) is 6.97. The molecule has 0 spiro atoms. The van der Waals surface area contributed by atoms with Gasteiger partial charge < -0.3 is 15.4 Å². The molecule has 112 valence electrons. The fourth-order valence-corrected chi connectivity index (χ4v) is 2.47. The molecule has 0 fully saturated rings. The number of carbonyl (C=O) groups excluding carboxylic acids is 1. The zero-order chi connectivity index (χ0) is 15.0. The first-order chi connectivity index (χ1) is 9.58. The van der Waals surface area contributed by atoms with Gasteiger partial charge in [0, 0.05) is 23.1 Å². The summed E-state index contributed by atoms with van der Waals surface area (Å²) in [6.07, 6.45) is 0.925. The zero-order valence-electron chi connectivity index (χ0n) is 12.4. The van der Waals surface area contributed by atoms with Crippen LogP contribution in [0.1, 0.15) is 31.4 Å². The summed E-state index contributed by atoms with van der Waals surface area (Å²) >= 11 is 3.49. The van der Waals surface area contributed by atoms with E-state index in [1.54, 1.807) is 0 Å². The standard InChI is InChI=1S/C15H23BrN2O2/c1-4-6-18-14(19)10-20-15-11(3)7-13(16)8-12(15)9-17-5-2/h7-8,17H,4-6,9-10H2,1-3H3,(H,18,19).